The first-order chi connectivity index (χ1) is 14.8. The molecular formula is C26H22F3NO. The van der Waals surface area contributed by atoms with Gasteiger partial charge in [0.2, 0.25) is 0 Å². The molecule has 0 amide bonds. The SMILES string of the molecule is CC1C(=Cc2ccccc2F)C(C)(C)Nc2ccc3c(c21)COc1c(F)cc(F)cc1-3. The van der Waals surface area contributed by atoms with Gasteiger partial charge in [0, 0.05) is 34.4 Å². The quantitative estimate of drug-likeness (QED) is 0.454. The molecule has 0 saturated carbocycles. The van der Waals surface area contributed by atoms with Gasteiger partial charge in [0.15, 0.2) is 11.6 Å². The molecular weight excluding hydrogens is 399 g/mol. The second-order valence-corrected chi connectivity index (χ2v) is 8.70. The van der Waals surface area contributed by atoms with Crippen LogP contribution in [0, 0.1) is 17.5 Å². The first-order valence-corrected chi connectivity index (χ1v) is 10.3. The monoisotopic (exact) mass is 421 g/mol. The average molecular weight is 421 g/mol. The molecule has 31 heavy (non-hydrogen) atoms. The third-order valence-electron chi connectivity index (χ3n) is 6.30. The minimum atomic E-state index is -0.703. The van der Waals surface area contributed by atoms with Crippen LogP contribution in [0.4, 0.5) is 18.9 Å². The van der Waals surface area contributed by atoms with Crippen molar-refractivity contribution in [3.63, 3.8) is 0 Å². The van der Waals surface area contributed by atoms with Crippen LogP contribution in [0.25, 0.3) is 17.2 Å². The van der Waals surface area contributed by atoms with Crippen LogP contribution < -0.4 is 10.1 Å². The van der Waals surface area contributed by atoms with E-state index in [0.29, 0.717) is 11.1 Å². The van der Waals surface area contributed by atoms with Gasteiger partial charge in [0.05, 0.1) is 5.54 Å². The Balaban J connectivity index is 1.70. The number of nitrogens with one attached hydrogen (secondary N) is 1. The fourth-order valence-electron chi connectivity index (χ4n) is 4.90. The van der Waals surface area contributed by atoms with Crippen LogP contribution in [0.5, 0.6) is 5.75 Å². The van der Waals surface area contributed by atoms with Gasteiger partial charge in [0.1, 0.15) is 18.2 Å². The normalized spacial score (nSPS) is 19.7. The first-order valence-electron chi connectivity index (χ1n) is 10.3. The molecule has 3 aromatic carbocycles. The second-order valence-electron chi connectivity index (χ2n) is 8.70. The van der Waals surface area contributed by atoms with Crippen molar-refractivity contribution in [2.45, 2.75) is 38.8 Å². The highest BCUT2D eigenvalue weighted by atomic mass is 19.1. The maximum Gasteiger partial charge on any atom is 0.168 e. The Kier molecular flexibility index (Phi) is 4.40. The molecule has 3 aromatic rings. The fraction of sp³-hybridized carbons (Fsp3) is 0.231. The van der Waals surface area contributed by atoms with Gasteiger partial charge in [-0.25, -0.2) is 13.2 Å². The summed E-state index contributed by atoms with van der Waals surface area (Å²) in [6.07, 6.45) is 1.90. The molecule has 0 spiro atoms. The summed E-state index contributed by atoms with van der Waals surface area (Å²) in [5.74, 6) is -1.59. The molecule has 2 aliphatic rings. The van der Waals surface area contributed by atoms with E-state index < -0.39 is 17.2 Å². The minimum Gasteiger partial charge on any atom is -0.485 e. The van der Waals surface area contributed by atoms with E-state index in [9.17, 15) is 13.2 Å². The van der Waals surface area contributed by atoms with Crippen molar-refractivity contribution in [2.24, 2.45) is 0 Å². The van der Waals surface area contributed by atoms with E-state index in [-0.39, 0.29) is 24.1 Å². The van der Waals surface area contributed by atoms with E-state index in [1.807, 2.05) is 24.3 Å². The van der Waals surface area contributed by atoms with Crippen LogP contribution in [-0.2, 0) is 6.61 Å². The summed E-state index contributed by atoms with van der Waals surface area (Å²) in [5.41, 5.74) is 5.17. The lowest BCUT2D eigenvalue weighted by molar-refractivity contribution is 0.284. The molecule has 0 bridgehead atoms. The van der Waals surface area contributed by atoms with Crippen molar-refractivity contribution in [1.82, 2.24) is 0 Å². The van der Waals surface area contributed by atoms with E-state index in [4.69, 9.17) is 4.74 Å². The Hall–Kier alpha value is -3.21. The molecule has 1 atom stereocenters. The summed E-state index contributed by atoms with van der Waals surface area (Å²) in [7, 11) is 0. The third-order valence-corrected chi connectivity index (χ3v) is 6.30. The standard InChI is InChI=1S/C26H22F3NO/c1-14-20(10-15-6-4-5-7-21(15)28)26(2,3)30-23-9-8-17-18-11-16(27)12-22(29)25(18)31-13-19(17)24(14)23/h4-12,14,30H,13H2,1-3H3. The predicted octanol–water partition coefficient (Wildman–Crippen LogP) is 7.05. The number of ether oxygens (including phenoxy) is 1. The topological polar surface area (TPSA) is 21.3 Å². The highest BCUT2D eigenvalue weighted by molar-refractivity contribution is 5.82. The third kappa shape index (κ3) is 3.11. The Morgan fingerprint density at radius 2 is 1.77 bits per heavy atom. The lowest BCUT2D eigenvalue weighted by atomic mass is 9.73. The summed E-state index contributed by atoms with van der Waals surface area (Å²) >= 11 is 0. The molecule has 5 heteroatoms. The van der Waals surface area contributed by atoms with Gasteiger partial charge in [-0.05, 0) is 54.8 Å². The number of benzene rings is 3. The molecule has 158 valence electrons. The maximum atomic E-state index is 14.4. The van der Waals surface area contributed by atoms with Gasteiger partial charge in [-0.1, -0.05) is 31.2 Å². The number of rotatable bonds is 1. The Morgan fingerprint density at radius 1 is 1.00 bits per heavy atom. The molecule has 0 aromatic heterocycles. The number of hydrogen-bond acceptors (Lipinski definition) is 2. The van der Waals surface area contributed by atoms with E-state index in [0.717, 1.165) is 34.0 Å². The molecule has 2 nitrogen and oxygen atoms in total. The molecule has 1 unspecified atom stereocenters. The summed E-state index contributed by atoms with van der Waals surface area (Å²) in [4.78, 5) is 0. The van der Waals surface area contributed by atoms with Crippen molar-refractivity contribution in [3.8, 4) is 16.9 Å². The zero-order valence-electron chi connectivity index (χ0n) is 17.5. The van der Waals surface area contributed by atoms with E-state index in [1.165, 1.54) is 12.1 Å². The second kappa shape index (κ2) is 6.91. The van der Waals surface area contributed by atoms with Crippen LogP contribution in [0.3, 0.4) is 0 Å². The van der Waals surface area contributed by atoms with E-state index in [2.05, 4.69) is 26.1 Å². The molecule has 0 radical (unpaired) electrons. The molecule has 0 fully saturated rings. The fourth-order valence-corrected chi connectivity index (χ4v) is 4.90. The van der Waals surface area contributed by atoms with Gasteiger partial charge in [0.25, 0.3) is 0 Å². The molecule has 5 rings (SSSR count). The van der Waals surface area contributed by atoms with Crippen molar-refractivity contribution < 1.29 is 17.9 Å². The summed E-state index contributed by atoms with van der Waals surface area (Å²) in [5, 5.41) is 3.56. The smallest absolute Gasteiger partial charge is 0.168 e. The minimum absolute atomic E-state index is 0.0515. The summed E-state index contributed by atoms with van der Waals surface area (Å²) in [6, 6.07) is 12.7. The lowest BCUT2D eigenvalue weighted by Crippen LogP contribution is -2.40. The zero-order valence-corrected chi connectivity index (χ0v) is 17.5. The van der Waals surface area contributed by atoms with Gasteiger partial charge < -0.3 is 10.1 Å². The maximum absolute atomic E-state index is 14.4. The molecule has 2 heterocycles. The molecule has 2 aliphatic heterocycles. The molecule has 1 N–H and O–H groups in total. The van der Waals surface area contributed by atoms with Gasteiger partial charge in [-0.2, -0.15) is 0 Å². The lowest BCUT2D eigenvalue weighted by Gasteiger charge is -2.42. The average Bonchev–Trinajstić information content (AvgIpc) is 2.71. The zero-order chi connectivity index (χ0) is 21.9. The summed E-state index contributed by atoms with van der Waals surface area (Å²) in [6.45, 7) is 6.40. The van der Waals surface area contributed by atoms with Crippen LogP contribution in [0.1, 0.15) is 43.4 Å². The van der Waals surface area contributed by atoms with E-state index >= 15 is 0 Å². The van der Waals surface area contributed by atoms with Crippen LogP contribution >= 0.6 is 0 Å². The predicted molar refractivity (Wildman–Crippen MR) is 117 cm³/mol. The Labute approximate surface area is 179 Å². The van der Waals surface area contributed by atoms with Crippen LogP contribution in [0.2, 0.25) is 0 Å². The van der Waals surface area contributed by atoms with Crippen molar-refractivity contribution in [2.75, 3.05) is 5.32 Å². The number of anilines is 1. The molecule has 0 saturated heterocycles. The molecule has 0 aliphatic carbocycles. The summed E-state index contributed by atoms with van der Waals surface area (Å²) < 4.78 is 48.3. The number of hydrogen-bond donors (Lipinski definition) is 1. The highest BCUT2D eigenvalue weighted by Gasteiger charge is 2.38. The van der Waals surface area contributed by atoms with Crippen molar-refractivity contribution in [3.05, 3.63) is 88.2 Å². The van der Waals surface area contributed by atoms with Crippen LogP contribution in [0.15, 0.2) is 54.1 Å². The van der Waals surface area contributed by atoms with Crippen molar-refractivity contribution in [1.29, 1.82) is 0 Å². The Morgan fingerprint density at radius 3 is 2.55 bits per heavy atom. The van der Waals surface area contributed by atoms with Gasteiger partial charge in [-0.15, -0.1) is 0 Å². The number of halogens is 3. The Bertz CT molecular complexity index is 1250. The van der Waals surface area contributed by atoms with Gasteiger partial charge in [-0.3, -0.25) is 0 Å². The van der Waals surface area contributed by atoms with Gasteiger partial charge >= 0.3 is 0 Å². The highest BCUT2D eigenvalue weighted by Crippen LogP contribution is 2.50. The number of fused-ring (bicyclic) bond motifs is 5. The van der Waals surface area contributed by atoms with E-state index in [1.54, 1.807) is 12.1 Å². The van der Waals surface area contributed by atoms with Crippen LogP contribution in [-0.4, -0.2) is 5.54 Å². The largest absolute Gasteiger partial charge is 0.485 e. The van der Waals surface area contributed by atoms with Crippen molar-refractivity contribution >= 4 is 11.8 Å². The first kappa shape index (κ1) is 19.7.